The summed E-state index contributed by atoms with van der Waals surface area (Å²) in [6, 6.07) is 1.21. The summed E-state index contributed by atoms with van der Waals surface area (Å²) in [7, 11) is 1.35. The molecule has 0 amide bonds. The van der Waals surface area contributed by atoms with E-state index < -0.39 is 4.92 Å². The minimum Gasteiger partial charge on any atom is -0.481 e. The van der Waals surface area contributed by atoms with Crippen molar-refractivity contribution in [3.8, 4) is 17.0 Å². The molecule has 116 valence electrons. The molecule has 1 heterocycles. The number of methoxy groups -OCH3 is 1. The molecule has 0 saturated heterocycles. The lowest BCUT2D eigenvalue weighted by atomic mass is 10.1. The summed E-state index contributed by atoms with van der Waals surface area (Å²) in [5, 5.41) is 10.8. The second-order valence-electron chi connectivity index (χ2n) is 3.95. The molecule has 0 radical (unpaired) electrons. The maximum Gasteiger partial charge on any atom is 0.288 e. The van der Waals surface area contributed by atoms with Gasteiger partial charge < -0.3 is 4.74 Å². The highest BCUT2D eigenvalue weighted by molar-refractivity contribution is 6.56. The first-order valence-corrected chi connectivity index (χ1v) is 7.38. The maximum atomic E-state index is 10.9. The van der Waals surface area contributed by atoms with E-state index in [9.17, 15) is 10.1 Å². The molecule has 0 aliphatic heterocycles. The monoisotopic (exact) mass is 400 g/mol. The van der Waals surface area contributed by atoms with E-state index in [4.69, 9.17) is 62.7 Å². The standard InChI is InChI=1S/C12H5Cl5N2O3/c1-22-12-5(2-4(3-18-12)19(20)21)6-7(13)9(15)11(17)10(16)8(6)14/h2-3H,1H3. The molecule has 0 aliphatic rings. The minimum atomic E-state index is -0.614. The van der Waals surface area contributed by atoms with Gasteiger partial charge in [0.2, 0.25) is 5.88 Å². The SMILES string of the molecule is COc1ncc([N+](=O)[O-])cc1-c1c(Cl)c(Cl)c(Cl)c(Cl)c1Cl. The number of ether oxygens (including phenoxy) is 1. The van der Waals surface area contributed by atoms with Crippen molar-refractivity contribution in [1.29, 1.82) is 0 Å². The van der Waals surface area contributed by atoms with E-state index in [1.165, 1.54) is 13.2 Å². The van der Waals surface area contributed by atoms with E-state index in [-0.39, 0.29) is 47.8 Å². The highest BCUT2D eigenvalue weighted by Crippen LogP contribution is 2.50. The molecule has 10 heteroatoms. The molecular weight excluding hydrogens is 397 g/mol. The predicted octanol–water partition coefficient (Wildman–Crippen LogP) is 5.93. The van der Waals surface area contributed by atoms with Gasteiger partial charge in [0.1, 0.15) is 6.20 Å². The first-order valence-electron chi connectivity index (χ1n) is 5.49. The van der Waals surface area contributed by atoms with Gasteiger partial charge in [-0.1, -0.05) is 58.0 Å². The molecule has 0 atom stereocenters. The summed E-state index contributed by atoms with van der Waals surface area (Å²) in [5.74, 6) is 0.0730. The predicted molar refractivity (Wildman–Crippen MR) is 87.9 cm³/mol. The van der Waals surface area contributed by atoms with Gasteiger partial charge >= 0.3 is 0 Å². The van der Waals surface area contributed by atoms with Crippen molar-refractivity contribution in [2.45, 2.75) is 0 Å². The van der Waals surface area contributed by atoms with Crippen LogP contribution in [0.3, 0.4) is 0 Å². The van der Waals surface area contributed by atoms with E-state index in [0.29, 0.717) is 0 Å². The Morgan fingerprint density at radius 1 is 1.05 bits per heavy atom. The van der Waals surface area contributed by atoms with Crippen molar-refractivity contribution in [3.63, 3.8) is 0 Å². The quantitative estimate of drug-likeness (QED) is 0.276. The number of rotatable bonds is 3. The van der Waals surface area contributed by atoms with Crippen LogP contribution in [0.2, 0.25) is 25.1 Å². The van der Waals surface area contributed by atoms with Crippen LogP contribution < -0.4 is 4.74 Å². The number of hydrogen-bond acceptors (Lipinski definition) is 4. The number of pyridine rings is 1. The molecule has 0 bridgehead atoms. The van der Waals surface area contributed by atoms with Crippen LogP contribution in [0.15, 0.2) is 12.3 Å². The molecule has 0 aliphatic carbocycles. The second-order valence-corrected chi connectivity index (χ2v) is 5.84. The molecule has 22 heavy (non-hydrogen) atoms. The van der Waals surface area contributed by atoms with Crippen LogP contribution in [0.5, 0.6) is 5.88 Å². The number of nitrogens with zero attached hydrogens (tertiary/aromatic N) is 2. The number of benzene rings is 1. The normalized spacial score (nSPS) is 10.6. The van der Waals surface area contributed by atoms with Crippen molar-refractivity contribution < 1.29 is 9.66 Å². The average Bonchev–Trinajstić information content (AvgIpc) is 2.51. The van der Waals surface area contributed by atoms with Gasteiger partial charge in [0.05, 0.1) is 42.7 Å². The van der Waals surface area contributed by atoms with Gasteiger partial charge in [0.25, 0.3) is 5.69 Å². The van der Waals surface area contributed by atoms with Crippen molar-refractivity contribution in [2.24, 2.45) is 0 Å². The first kappa shape index (κ1) is 17.4. The molecule has 0 N–H and O–H groups in total. The third-order valence-electron chi connectivity index (χ3n) is 2.72. The Kier molecular flexibility index (Phi) is 5.25. The molecule has 5 nitrogen and oxygen atoms in total. The summed E-state index contributed by atoms with van der Waals surface area (Å²) in [6.45, 7) is 0. The van der Waals surface area contributed by atoms with E-state index >= 15 is 0 Å². The lowest BCUT2D eigenvalue weighted by Crippen LogP contribution is -1.97. The Labute approximate surface area is 149 Å². The van der Waals surface area contributed by atoms with Gasteiger partial charge in [0.15, 0.2) is 0 Å². The molecule has 1 aromatic heterocycles. The third kappa shape index (κ3) is 2.92. The first-order chi connectivity index (χ1) is 10.3. The summed E-state index contributed by atoms with van der Waals surface area (Å²) < 4.78 is 5.08. The molecule has 2 aromatic rings. The van der Waals surface area contributed by atoms with E-state index in [1.807, 2.05) is 0 Å². The highest BCUT2D eigenvalue weighted by Gasteiger charge is 2.25. The maximum absolute atomic E-state index is 10.9. The summed E-state index contributed by atoms with van der Waals surface area (Å²) in [4.78, 5) is 14.2. The van der Waals surface area contributed by atoms with E-state index in [1.54, 1.807) is 0 Å². The summed E-state index contributed by atoms with van der Waals surface area (Å²) >= 11 is 30.2. The average molecular weight is 402 g/mol. The molecule has 2 rings (SSSR count). The largest absolute Gasteiger partial charge is 0.481 e. The van der Waals surface area contributed by atoms with Crippen molar-refractivity contribution in [1.82, 2.24) is 4.98 Å². The zero-order chi connectivity index (χ0) is 16.6. The Balaban J connectivity index is 2.87. The molecular formula is C12H5Cl5N2O3. The Morgan fingerprint density at radius 3 is 2.00 bits per heavy atom. The third-order valence-corrected chi connectivity index (χ3v) is 5.00. The van der Waals surface area contributed by atoms with Gasteiger partial charge in [-0.2, -0.15) is 0 Å². The molecule has 1 aromatic carbocycles. The summed E-state index contributed by atoms with van der Waals surface area (Å²) in [5.41, 5.74) is 0.0491. The zero-order valence-electron chi connectivity index (χ0n) is 10.7. The van der Waals surface area contributed by atoms with Crippen molar-refractivity contribution in [2.75, 3.05) is 7.11 Å². The van der Waals surface area contributed by atoms with Gasteiger partial charge in [-0.25, -0.2) is 4.98 Å². The zero-order valence-corrected chi connectivity index (χ0v) is 14.4. The molecule has 0 saturated carbocycles. The smallest absolute Gasteiger partial charge is 0.288 e. The van der Waals surface area contributed by atoms with Gasteiger partial charge in [-0.05, 0) is 0 Å². The van der Waals surface area contributed by atoms with Crippen molar-refractivity contribution >= 4 is 63.7 Å². The lowest BCUT2D eigenvalue weighted by Gasteiger charge is -2.14. The Bertz CT molecular complexity index is 753. The number of aromatic nitrogens is 1. The number of nitro groups is 1. The van der Waals surface area contributed by atoms with Crippen LogP contribution in [0.4, 0.5) is 5.69 Å². The van der Waals surface area contributed by atoms with Crippen LogP contribution >= 0.6 is 58.0 Å². The van der Waals surface area contributed by atoms with Crippen LogP contribution in [-0.2, 0) is 0 Å². The Hall–Kier alpha value is -0.980. The van der Waals surface area contributed by atoms with Crippen LogP contribution in [-0.4, -0.2) is 17.0 Å². The fraction of sp³-hybridized carbons (Fsp3) is 0.0833. The number of halogens is 5. The fourth-order valence-electron chi connectivity index (χ4n) is 1.72. The number of hydrogen-bond donors (Lipinski definition) is 0. The van der Waals surface area contributed by atoms with Gasteiger partial charge in [0, 0.05) is 11.6 Å². The molecule has 0 fully saturated rings. The van der Waals surface area contributed by atoms with Crippen LogP contribution in [0.25, 0.3) is 11.1 Å². The minimum absolute atomic E-state index is 0.0123. The van der Waals surface area contributed by atoms with Crippen LogP contribution in [0.1, 0.15) is 0 Å². The molecule has 0 unspecified atom stereocenters. The molecule has 0 spiro atoms. The van der Waals surface area contributed by atoms with Crippen molar-refractivity contribution in [3.05, 3.63) is 47.5 Å². The highest BCUT2D eigenvalue weighted by atomic mass is 35.5. The van der Waals surface area contributed by atoms with Gasteiger partial charge in [-0.3, -0.25) is 10.1 Å². The summed E-state index contributed by atoms with van der Waals surface area (Å²) in [6.07, 6.45) is 1.04. The second kappa shape index (κ2) is 6.64. The topological polar surface area (TPSA) is 65.3 Å². The lowest BCUT2D eigenvalue weighted by molar-refractivity contribution is -0.385. The Morgan fingerprint density at radius 2 is 1.55 bits per heavy atom. The van der Waals surface area contributed by atoms with Crippen LogP contribution in [0, 0.1) is 10.1 Å². The van der Waals surface area contributed by atoms with E-state index in [0.717, 1.165) is 6.20 Å². The van der Waals surface area contributed by atoms with Gasteiger partial charge in [-0.15, -0.1) is 0 Å². The fourth-order valence-corrected chi connectivity index (χ4v) is 3.07. The van der Waals surface area contributed by atoms with E-state index in [2.05, 4.69) is 4.98 Å².